The first-order valence-electron chi connectivity index (χ1n) is 26.7. The van der Waals surface area contributed by atoms with E-state index in [9.17, 15) is 0 Å². The monoisotopic (exact) mass is 978 g/mol. The summed E-state index contributed by atoms with van der Waals surface area (Å²) in [4.78, 5) is 2.48. The fourth-order valence-electron chi connectivity index (χ4n) is 13.0. The van der Waals surface area contributed by atoms with Crippen molar-refractivity contribution in [2.24, 2.45) is 0 Å². The van der Waals surface area contributed by atoms with Crippen LogP contribution in [-0.4, -0.2) is 4.57 Å². The summed E-state index contributed by atoms with van der Waals surface area (Å²) in [5.41, 5.74) is 25.9. The van der Waals surface area contributed by atoms with Crippen molar-refractivity contribution in [3.63, 3.8) is 0 Å². The van der Waals surface area contributed by atoms with Crippen LogP contribution in [0.3, 0.4) is 0 Å². The van der Waals surface area contributed by atoms with Crippen LogP contribution >= 0.6 is 0 Å². The van der Waals surface area contributed by atoms with E-state index in [2.05, 4.69) is 313 Å². The highest BCUT2D eigenvalue weighted by Gasteiger charge is 2.46. The average molecular weight is 979 g/mol. The smallest absolute Gasteiger partial charge is 0.0714 e. The number of aromatic nitrogens is 1. The molecule has 12 aromatic carbocycles. The van der Waals surface area contributed by atoms with Crippen LogP contribution in [0.2, 0.25) is 0 Å². The van der Waals surface area contributed by atoms with Crippen molar-refractivity contribution in [1.82, 2.24) is 4.57 Å². The van der Waals surface area contributed by atoms with E-state index < -0.39 is 5.41 Å². The minimum Gasteiger partial charge on any atom is -0.310 e. The minimum absolute atomic E-state index is 0.558. The molecule has 0 spiro atoms. The van der Waals surface area contributed by atoms with Gasteiger partial charge < -0.3 is 9.47 Å². The van der Waals surface area contributed by atoms with Crippen molar-refractivity contribution >= 4 is 50.0 Å². The van der Waals surface area contributed by atoms with Crippen LogP contribution in [0.5, 0.6) is 0 Å². The van der Waals surface area contributed by atoms with Crippen LogP contribution in [0, 0.1) is 0 Å². The average Bonchev–Trinajstić information content (AvgIpc) is 4.18. The summed E-state index contributed by atoms with van der Waals surface area (Å²) >= 11 is 0. The van der Waals surface area contributed by atoms with Crippen molar-refractivity contribution in [1.29, 1.82) is 0 Å². The summed E-state index contributed by atoms with van der Waals surface area (Å²) in [6, 6.07) is 112. The molecule has 2 aliphatic carbocycles. The molecule has 0 saturated heterocycles. The maximum absolute atomic E-state index is 2.48. The fraction of sp³-hybridized carbons (Fsp3) is 0.0133. The van der Waals surface area contributed by atoms with Gasteiger partial charge in [0.1, 0.15) is 0 Å². The van der Waals surface area contributed by atoms with E-state index >= 15 is 0 Å². The number of para-hydroxylation sites is 2. The Labute approximate surface area is 449 Å². The standard InChI is InChI=1S/C75H50N2/c1-6-22-52(23-7-1)73(53-24-8-2-9-25-53)74-66-35-17-16-32-61(66)62-45-43-59(49-68(62)74)76(58-41-38-51(39-42-58)54-40-47-72-67(48-54)65-34-19-21-37-71(65)77(72)57-30-14-5-15-31-57)60-44-46-64-63-33-18-20-36-69(63)75(70(64)50-60,55-26-10-3-11-27-55)56-28-12-4-13-29-56/h1-50H. The number of benzene rings is 12. The van der Waals surface area contributed by atoms with Crippen LogP contribution in [0.4, 0.5) is 17.1 Å². The quantitative estimate of drug-likeness (QED) is 0.140. The van der Waals surface area contributed by atoms with Crippen LogP contribution < -0.4 is 4.90 Å². The molecule has 0 amide bonds. The molecule has 0 unspecified atom stereocenters. The van der Waals surface area contributed by atoms with Crippen LogP contribution in [0.1, 0.15) is 44.5 Å². The largest absolute Gasteiger partial charge is 0.310 e. The van der Waals surface area contributed by atoms with Crippen molar-refractivity contribution in [3.05, 3.63) is 348 Å². The van der Waals surface area contributed by atoms with Gasteiger partial charge in [-0.05, 0) is 156 Å². The van der Waals surface area contributed by atoms with Gasteiger partial charge in [-0.3, -0.25) is 0 Å². The lowest BCUT2D eigenvalue weighted by atomic mass is 9.67. The third-order valence-electron chi connectivity index (χ3n) is 16.2. The Kier molecular flexibility index (Phi) is 10.5. The molecule has 360 valence electrons. The lowest BCUT2D eigenvalue weighted by molar-refractivity contribution is 0.768. The first-order chi connectivity index (χ1) is 38.2. The number of fused-ring (bicyclic) bond motifs is 9. The summed E-state index contributed by atoms with van der Waals surface area (Å²) < 4.78 is 2.38. The van der Waals surface area contributed by atoms with Crippen molar-refractivity contribution in [3.8, 4) is 39.1 Å². The van der Waals surface area contributed by atoms with Gasteiger partial charge in [0, 0.05) is 33.5 Å². The van der Waals surface area contributed by atoms with E-state index in [0.29, 0.717) is 0 Å². The third-order valence-corrected chi connectivity index (χ3v) is 16.2. The van der Waals surface area contributed by atoms with Gasteiger partial charge in [-0.25, -0.2) is 0 Å². The molecule has 0 N–H and O–H groups in total. The zero-order chi connectivity index (χ0) is 50.9. The maximum atomic E-state index is 2.48. The Hall–Kier alpha value is -10.0. The lowest BCUT2D eigenvalue weighted by Crippen LogP contribution is -2.28. The van der Waals surface area contributed by atoms with Gasteiger partial charge >= 0.3 is 0 Å². The topological polar surface area (TPSA) is 8.17 Å². The zero-order valence-corrected chi connectivity index (χ0v) is 42.3. The highest BCUT2D eigenvalue weighted by Crippen LogP contribution is 2.58. The van der Waals surface area contributed by atoms with Gasteiger partial charge in [-0.15, -0.1) is 0 Å². The highest BCUT2D eigenvalue weighted by molar-refractivity contribution is 6.14. The Balaban J connectivity index is 0.949. The van der Waals surface area contributed by atoms with E-state index in [1.807, 2.05) is 0 Å². The number of hydrogen-bond donors (Lipinski definition) is 0. The molecule has 77 heavy (non-hydrogen) atoms. The van der Waals surface area contributed by atoms with Crippen LogP contribution in [-0.2, 0) is 5.41 Å². The van der Waals surface area contributed by atoms with E-state index in [4.69, 9.17) is 0 Å². The molecule has 2 nitrogen and oxygen atoms in total. The predicted octanol–water partition coefficient (Wildman–Crippen LogP) is 19.3. The predicted molar refractivity (Wildman–Crippen MR) is 322 cm³/mol. The third kappa shape index (κ3) is 7.03. The van der Waals surface area contributed by atoms with Gasteiger partial charge in [0.15, 0.2) is 0 Å². The first-order valence-corrected chi connectivity index (χ1v) is 26.7. The molecule has 0 fully saturated rings. The molecule has 1 aromatic heterocycles. The summed E-state index contributed by atoms with van der Waals surface area (Å²) in [7, 11) is 0. The van der Waals surface area contributed by atoms with Crippen molar-refractivity contribution in [2.75, 3.05) is 4.90 Å². The molecule has 0 radical (unpaired) electrons. The summed E-state index contributed by atoms with van der Waals surface area (Å²) in [6.45, 7) is 0. The van der Waals surface area contributed by atoms with E-state index in [1.165, 1.54) is 105 Å². The Bertz CT molecular complexity index is 4320. The van der Waals surface area contributed by atoms with Gasteiger partial charge in [0.05, 0.1) is 16.4 Å². The van der Waals surface area contributed by atoms with Gasteiger partial charge in [0.25, 0.3) is 0 Å². The van der Waals surface area contributed by atoms with Gasteiger partial charge in [-0.2, -0.15) is 0 Å². The van der Waals surface area contributed by atoms with E-state index in [-0.39, 0.29) is 0 Å². The lowest BCUT2D eigenvalue weighted by Gasteiger charge is -2.35. The normalized spacial score (nSPS) is 12.8. The minimum atomic E-state index is -0.558. The number of hydrogen-bond acceptors (Lipinski definition) is 1. The number of nitrogens with zero attached hydrogens (tertiary/aromatic N) is 2. The number of anilines is 3. The molecule has 15 rings (SSSR count). The fourth-order valence-corrected chi connectivity index (χ4v) is 13.0. The van der Waals surface area contributed by atoms with E-state index in [0.717, 1.165) is 28.3 Å². The van der Waals surface area contributed by atoms with Crippen LogP contribution in [0.15, 0.2) is 303 Å². The molecule has 13 aromatic rings. The second-order valence-electron chi connectivity index (χ2n) is 20.3. The second kappa shape index (κ2) is 18.1. The molecule has 0 bridgehead atoms. The Morgan fingerprint density at radius 3 is 1.45 bits per heavy atom. The molecule has 0 saturated carbocycles. The SMILES string of the molecule is c1ccc(C(=C2c3ccccc3-c3ccc(N(c4ccc(-c5ccc6c(c5)c5ccccc5n6-c5ccccc5)cc4)c4ccc5c(c4)C(c4ccccc4)(c4ccccc4)c4ccccc4-5)cc32)c2ccccc2)cc1. The Morgan fingerprint density at radius 2 is 0.779 bits per heavy atom. The van der Waals surface area contributed by atoms with Crippen molar-refractivity contribution in [2.45, 2.75) is 5.41 Å². The molecule has 1 heterocycles. The first kappa shape index (κ1) is 44.5. The van der Waals surface area contributed by atoms with E-state index in [1.54, 1.807) is 0 Å². The summed E-state index contributed by atoms with van der Waals surface area (Å²) in [6.07, 6.45) is 0. The van der Waals surface area contributed by atoms with Crippen molar-refractivity contribution < 1.29 is 0 Å². The molecular weight excluding hydrogens is 929 g/mol. The molecule has 0 aliphatic heterocycles. The van der Waals surface area contributed by atoms with Gasteiger partial charge in [0.2, 0.25) is 0 Å². The highest BCUT2D eigenvalue weighted by atomic mass is 15.1. The Morgan fingerprint density at radius 1 is 0.299 bits per heavy atom. The molecule has 0 atom stereocenters. The van der Waals surface area contributed by atoms with Gasteiger partial charge in [-0.1, -0.05) is 237 Å². The molecule has 2 aliphatic rings. The summed E-state index contributed by atoms with van der Waals surface area (Å²) in [5, 5.41) is 2.48. The second-order valence-corrected chi connectivity index (χ2v) is 20.3. The maximum Gasteiger partial charge on any atom is 0.0714 e. The molecule has 2 heteroatoms. The van der Waals surface area contributed by atoms with Crippen LogP contribution in [0.25, 0.3) is 72.0 Å². The summed E-state index contributed by atoms with van der Waals surface area (Å²) in [5.74, 6) is 0. The zero-order valence-electron chi connectivity index (χ0n) is 42.3. The molecular formula is C75H50N2. The number of rotatable bonds is 9.